The number of anilines is 1. The van der Waals surface area contributed by atoms with Crippen LogP contribution in [0.15, 0.2) is 45.9 Å². The van der Waals surface area contributed by atoms with Gasteiger partial charge >= 0.3 is 0 Å². The van der Waals surface area contributed by atoms with Crippen LogP contribution in [0.4, 0.5) is 5.69 Å². The Balaban J connectivity index is 1.53. The van der Waals surface area contributed by atoms with Crippen molar-refractivity contribution in [1.29, 1.82) is 0 Å². The fourth-order valence-electron chi connectivity index (χ4n) is 4.45. The number of benzene rings is 1. The van der Waals surface area contributed by atoms with Gasteiger partial charge in [0.05, 0.1) is 16.6 Å². The van der Waals surface area contributed by atoms with Crippen molar-refractivity contribution in [2.45, 2.75) is 56.4 Å². The van der Waals surface area contributed by atoms with Crippen LogP contribution in [0, 0.1) is 0 Å². The molecule has 4 rings (SSSR count). The maximum Gasteiger partial charge on any atom is 0.243 e. The standard InChI is InChI=1S/C23H29N3O5S/c1-16(13-17-7-6-12-31-17)24-21(27)15-26-20-9-8-18(14-19(20)23(2,3)22(26)28)32(29,30)25-10-4-5-11-25/h6-9,12,14,16H,4-5,10-11,13,15H2,1-3H3,(H,24,27). The highest BCUT2D eigenvalue weighted by atomic mass is 32.2. The molecule has 1 unspecified atom stereocenters. The molecule has 1 N–H and O–H groups in total. The summed E-state index contributed by atoms with van der Waals surface area (Å²) in [7, 11) is -3.59. The molecule has 0 radical (unpaired) electrons. The summed E-state index contributed by atoms with van der Waals surface area (Å²) < 4.78 is 32.8. The molecular weight excluding hydrogens is 430 g/mol. The highest BCUT2D eigenvalue weighted by Crippen LogP contribution is 2.42. The second-order valence-corrected chi connectivity index (χ2v) is 11.0. The molecule has 2 aliphatic heterocycles. The van der Waals surface area contributed by atoms with Gasteiger partial charge in [-0.2, -0.15) is 4.31 Å². The van der Waals surface area contributed by atoms with Crippen molar-refractivity contribution in [2.75, 3.05) is 24.5 Å². The molecule has 32 heavy (non-hydrogen) atoms. The lowest BCUT2D eigenvalue weighted by Gasteiger charge is -2.21. The monoisotopic (exact) mass is 459 g/mol. The molecule has 1 aromatic heterocycles. The van der Waals surface area contributed by atoms with Crippen molar-refractivity contribution in [1.82, 2.24) is 9.62 Å². The van der Waals surface area contributed by atoms with E-state index in [0.29, 0.717) is 30.8 Å². The molecule has 1 saturated heterocycles. The van der Waals surface area contributed by atoms with Crippen LogP contribution in [-0.4, -0.2) is 50.2 Å². The number of nitrogens with one attached hydrogen (secondary N) is 1. The molecule has 2 amide bonds. The number of carbonyl (C=O) groups excluding carboxylic acids is 2. The zero-order chi connectivity index (χ0) is 23.1. The Morgan fingerprint density at radius 2 is 1.94 bits per heavy atom. The fraction of sp³-hybridized carbons (Fsp3) is 0.478. The molecule has 0 bridgehead atoms. The maximum atomic E-state index is 13.1. The molecule has 0 spiro atoms. The van der Waals surface area contributed by atoms with Gasteiger partial charge in [0.15, 0.2) is 0 Å². The van der Waals surface area contributed by atoms with Crippen molar-refractivity contribution in [2.24, 2.45) is 0 Å². The van der Waals surface area contributed by atoms with Gasteiger partial charge in [-0.25, -0.2) is 8.42 Å². The number of nitrogens with zero attached hydrogens (tertiary/aromatic N) is 2. The lowest BCUT2D eigenvalue weighted by atomic mass is 9.86. The summed E-state index contributed by atoms with van der Waals surface area (Å²) in [4.78, 5) is 27.4. The normalized spacial score (nSPS) is 19.2. The maximum absolute atomic E-state index is 13.1. The Bertz CT molecular complexity index is 1120. The first-order valence-corrected chi connectivity index (χ1v) is 12.3. The summed E-state index contributed by atoms with van der Waals surface area (Å²) in [5.41, 5.74) is 0.278. The van der Waals surface area contributed by atoms with E-state index in [-0.39, 0.29) is 29.3 Å². The summed E-state index contributed by atoms with van der Waals surface area (Å²) in [6, 6.07) is 8.25. The molecule has 1 fully saturated rings. The van der Waals surface area contributed by atoms with Gasteiger partial charge in [0.2, 0.25) is 21.8 Å². The van der Waals surface area contributed by atoms with Crippen LogP contribution in [0.3, 0.4) is 0 Å². The van der Waals surface area contributed by atoms with E-state index in [0.717, 1.165) is 18.6 Å². The van der Waals surface area contributed by atoms with Gasteiger partial charge in [-0.3, -0.25) is 9.59 Å². The van der Waals surface area contributed by atoms with Crippen LogP contribution in [0.2, 0.25) is 0 Å². The highest BCUT2D eigenvalue weighted by Gasteiger charge is 2.45. The average molecular weight is 460 g/mol. The molecule has 1 aromatic carbocycles. The smallest absolute Gasteiger partial charge is 0.243 e. The zero-order valence-electron chi connectivity index (χ0n) is 18.6. The van der Waals surface area contributed by atoms with E-state index < -0.39 is 15.4 Å². The van der Waals surface area contributed by atoms with Gasteiger partial charge in [0.1, 0.15) is 12.3 Å². The summed E-state index contributed by atoms with van der Waals surface area (Å²) >= 11 is 0. The molecule has 9 heteroatoms. The van der Waals surface area contributed by atoms with Crippen molar-refractivity contribution < 1.29 is 22.4 Å². The van der Waals surface area contributed by atoms with Crippen molar-refractivity contribution >= 4 is 27.5 Å². The number of hydrogen-bond donors (Lipinski definition) is 1. The van der Waals surface area contributed by atoms with Gasteiger partial charge in [0.25, 0.3) is 0 Å². The van der Waals surface area contributed by atoms with Gasteiger partial charge in [-0.05, 0) is 69.5 Å². The number of hydrogen-bond acceptors (Lipinski definition) is 5. The summed E-state index contributed by atoms with van der Waals surface area (Å²) in [6.07, 6.45) is 3.85. The van der Waals surface area contributed by atoms with Gasteiger partial charge < -0.3 is 14.6 Å². The van der Waals surface area contributed by atoms with Crippen molar-refractivity contribution in [3.63, 3.8) is 0 Å². The first kappa shape index (κ1) is 22.5. The van der Waals surface area contributed by atoms with E-state index in [9.17, 15) is 18.0 Å². The summed E-state index contributed by atoms with van der Waals surface area (Å²) in [5, 5.41) is 2.90. The number of fused-ring (bicyclic) bond motifs is 1. The predicted octanol–water partition coefficient (Wildman–Crippen LogP) is 2.44. The van der Waals surface area contributed by atoms with E-state index in [2.05, 4.69) is 5.32 Å². The number of amides is 2. The number of furan rings is 1. The summed E-state index contributed by atoms with van der Waals surface area (Å²) in [5.74, 6) is 0.264. The first-order valence-electron chi connectivity index (χ1n) is 10.9. The lowest BCUT2D eigenvalue weighted by Crippen LogP contribution is -2.45. The third-order valence-corrected chi connectivity index (χ3v) is 8.11. The van der Waals surface area contributed by atoms with E-state index in [1.165, 1.54) is 15.3 Å². The molecule has 8 nitrogen and oxygen atoms in total. The van der Waals surface area contributed by atoms with Crippen LogP contribution < -0.4 is 10.2 Å². The molecule has 1 atom stereocenters. The van der Waals surface area contributed by atoms with E-state index in [4.69, 9.17) is 4.42 Å². The van der Waals surface area contributed by atoms with E-state index in [1.54, 1.807) is 38.3 Å². The first-order chi connectivity index (χ1) is 15.1. The molecule has 2 aliphatic rings. The molecule has 172 valence electrons. The minimum Gasteiger partial charge on any atom is -0.469 e. The van der Waals surface area contributed by atoms with Crippen molar-refractivity contribution in [3.8, 4) is 0 Å². The topological polar surface area (TPSA) is 99.9 Å². The fourth-order valence-corrected chi connectivity index (χ4v) is 6.00. The quantitative estimate of drug-likeness (QED) is 0.686. The molecule has 2 aromatic rings. The Morgan fingerprint density at radius 3 is 2.59 bits per heavy atom. The lowest BCUT2D eigenvalue weighted by molar-refractivity contribution is -0.125. The highest BCUT2D eigenvalue weighted by molar-refractivity contribution is 7.89. The minimum atomic E-state index is -3.59. The molecule has 0 aliphatic carbocycles. The second kappa shape index (κ2) is 8.37. The van der Waals surface area contributed by atoms with Crippen LogP contribution in [-0.2, 0) is 31.4 Å². The van der Waals surface area contributed by atoms with E-state index in [1.807, 2.05) is 13.0 Å². The van der Waals surface area contributed by atoms with Crippen LogP contribution in [0.25, 0.3) is 0 Å². The van der Waals surface area contributed by atoms with Crippen LogP contribution >= 0.6 is 0 Å². The predicted molar refractivity (Wildman–Crippen MR) is 120 cm³/mol. The Labute approximate surface area is 188 Å². The Hall–Kier alpha value is -2.65. The van der Waals surface area contributed by atoms with Crippen LogP contribution in [0.1, 0.15) is 44.9 Å². The zero-order valence-corrected chi connectivity index (χ0v) is 19.4. The largest absolute Gasteiger partial charge is 0.469 e. The molecule has 0 saturated carbocycles. The van der Waals surface area contributed by atoms with Crippen molar-refractivity contribution in [3.05, 3.63) is 47.9 Å². The van der Waals surface area contributed by atoms with Gasteiger partial charge in [-0.1, -0.05) is 0 Å². The number of rotatable bonds is 7. The second-order valence-electron chi connectivity index (χ2n) is 9.06. The van der Waals surface area contributed by atoms with Gasteiger partial charge in [0, 0.05) is 31.2 Å². The molecular formula is C23H29N3O5S. The number of carbonyl (C=O) groups is 2. The summed E-state index contributed by atoms with van der Waals surface area (Å²) in [6.45, 7) is 6.31. The Kier molecular flexibility index (Phi) is 5.89. The third kappa shape index (κ3) is 4.06. The average Bonchev–Trinajstić information content (AvgIpc) is 3.47. The van der Waals surface area contributed by atoms with Gasteiger partial charge in [-0.15, -0.1) is 0 Å². The van der Waals surface area contributed by atoms with Crippen LogP contribution in [0.5, 0.6) is 0 Å². The molecule has 3 heterocycles. The SMILES string of the molecule is CC(Cc1ccco1)NC(=O)CN1C(=O)C(C)(C)c2cc(S(=O)(=O)N3CCCC3)ccc21. The Morgan fingerprint density at radius 1 is 1.22 bits per heavy atom. The minimum absolute atomic E-state index is 0.129. The van der Waals surface area contributed by atoms with E-state index >= 15 is 0 Å². The third-order valence-electron chi connectivity index (χ3n) is 6.21. The number of sulfonamides is 1.